The quantitative estimate of drug-likeness (QED) is 0.745. The Bertz CT molecular complexity index is 414. The molecule has 7 nitrogen and oxygen atoms in total. The number of imide groups is 1. The van der Waals surface area contributed by atoms with Crippen molar-refractivity contribution in [3.8, 4) is 0 Å². The van der Waals surface area contributed by atoms with Crippen molar-refractivity contribution >= 4 is 34.8 Å². The molecule has 1 saturated heterocycles. The number of nitrogens with zero attached hydrogens (tertiary/aromatic N) is 1. The molecule has 1 heterocycles. The first-order chi connectivity index (χ1) is 9.19. The average molecular weight is 302 g/mol. The first-order valence-corrected chi connectivity index (χ1v) is 7.13. The monoisotopic (exact) mass is 302 g/mol. The summed E-state index contributed by atoms with van der Waals surface area (Å²) in [6.45, 7) is 5.00. The van der Waals surface area contributed by atoms with Crippen LogP contribution in [-0.4, -0.2) is 52.4 Å². The summed E-state index contributed by atoms with van der Waals surface area (Å²) >= 11 is 0.921. The van der Waals surface area contributed by atoms with Crippen molar-refractivity contribution in [3.63, 3.8) is 0 Å². The van der Waals surface area contributed by atoms with Gasteiger partial charge in [-0.2, -0.15) is 0 Å². The number of nitrogens with one attached hydrogen (secondary N) is 1. The molecule has 0 radical (unpaired) electrons. The molecule has 1 rings (SSSR count). The molecule has 0 saturated carbocycles. The van der Waals surface area contributed by atoms with Gasteiger partial charge in [0.2, 0.25) is 11.8 Å². The van der Waals surface area contributed by atoms with Crippen LogP contribution in [0.1, 0.15) is 27.2 Å². The van der Waals surface area contributed by atoms with E-state index in [0.717, 1.165) is 16.7 Å². The molecule has 20 heavy (non-hydrogen) atoms. The number of carbonyl (C=O) groups excluding carboxylic acids is 4. The number of hydrogen-bond donors (Lipinski definition) is 1. The van der Waals surface area contributed by atoms with Crippen LogP contribution in [0.4, 0.5) is 4.79 Å². The van der Waals surface area contributed by atoms with Crippen LogP contribution in [0.15, 0.2) is 0 Å². The van der Waals surface area contributed by atoms with Crippen LogP contribution in [0, 0.1) is 0 Å². The minimum atomic E-state index is -0.604. The predicted octanol–water partition coefficient (Wildman–Crippen LogP) is 0.530. The van der Waals surface area contributed by atoms with Crippen LogP contribution in [0.25, 0.3) is 0 Å². The van der Waals surface area contributed by atoms with Gasteiger partial charge in [0.05, 0.1) is 5.75 Å². The third-order valence-corrected chi connectivity index (χ3v) is 3.11. The number of rotatable bonds is 5. The van der Waals surface area contributed by atoms with Crippen LogP contribution >= 0.6 is 11.8 Å². The van der Waals surface area contributed by atoms with Gasteiger partial charge in [-0.1, -0.05) is 11.8 Å². The van der Waals surface area contributed by atoms with Crippen LogP contribution in [0.3, 0.4) is 0 Å². The Kier molecular flexibility index (Phi) is 5.55. The number of thioether (sulfide) groups is 1. The standard InChI is InChI=1S/C12H18N2O5S/c1-12(2,3)19-10(17)6-13-8(15)4-5-14-9(16)7-20-11(14)18/h4-7H2,1-3H3,(H,13,15). The van der Waals surface area contributed by atoms with E-state index in [-0.39, 0.29) is 36.4 Å². The van der Waals surface area contributed by atoms with E-state index in [1.165, 1.54) is 0 Å². The lowest BCUT2D eigenvalue weighted by atomic mass is 10.2. The zero-order valence-corrected chi connectivity index (χ0v) is 12.5. The van der Waals surface area contributed by atoms with Gasteiger partial charge in [-0.15, -0.1) is 0 Å². The van der Waals surface area contributed by atoms with E-state index in [1.807, 2.05) is 0 Å². The van der Waals surface area contributed by atoms with Crippen molar-refractivity contribution in [2.45, 2.75) is 32.8 Å². The highest BCUT2D eigenvalue weighted by molar-refractivity contribution is 8.14. The van der Waals surface area contributed by atoms with E-state index < -0.39 is 17.5 Å². The molecule has 0 bridgehead atoms. The van der Waals surface area contributed by atoms with Gasteiger partial charge in [-0.05, 0) is 20.8 Å². The Hall–Kier alpha value is -1.57. The largest absolute Gasteiger partial charge is 0.459 e. The van der Waals surface area contributed by atoms with Gasteiger partial charge in [0, 0.05) is 13.0 Å². The smallest absolute Gasteiger partial charge is 0.325 e. The lowest BCUT2D eigenvalue weighted by Gasteiger charge is -2.19. The van der Waals surface area contributed by atoms with Gasteiger partial charge in [-0.25, -0.2) is 0 Å². The van der Waals surface area contributed by atoms with Gasteiger partial charge < -0.3 is 10.1 Å². The molecule has 0 spiro atoms. The van der Waals surface area contributed by atoms with E-state index in [0.29, 0.717) is 0 Å². The van der Waals surface area contributed by atoms with Gasteiger partial charge in [0.25, 0.3) is 5.24 Å². The second-order valence-corrected chi connectivity index (χ2v) is 6.14. The molecule has 3 amide bonds. The minimum absolute atomic E-state index is 0.0269. The second-order valence-electron chi connectivity index (χ2n) is 5.21. The van der Waals surface area contributed by atoms with Crippen LogP contribution in [0.2, 0.25) is 0 Å². The molecular weight excluding hydrogens is 284 g/mol. The number of carbonyl (C=O) groups is 4. The fourth-order valence-electron chi connectivity index (χ4n) is 1.45. The molecule has 0 aromatic rings. The molecule has 0 unspecified atom stereocenters. The molecular formula is C12H18N2O5S. The third kappa shape index (κ3) is 5.60. The average Bonchev–Trinajstić information content (AvgIpc) is 2.62. The van der Waals surface area contributed by atoms with Crippen molar-refractivity contribution in [3.05, 3.63) is 0 Å². The van der Waals surface area contributed by atoms with E-state index in [9.17, 15) is 19.2 Å². The third-order valence-electron chi connectivity index (χ3n) is 2.25. The molecule has 8 heteroatoms. The predicted molar refractivity (Wildman–Crippen MR) is 73.0 cm³/mol. The number of esters is 1. The Morgan fingerprint density at radius 2 is 2.00 bits per heavy atom. The Morgan fingerprint density at radius 3 is 2.50 bits per heavy atom. The fraction of sp³-hybridized carbons (Fsp3) is 0.667. The second kappa shape index (κ2) is 6.74. The summed E-state index contributed by atoms with van der Waals surface area (Å²) in [4.78, 5) is 46.5. The fourth-order valence-corrected chi connectivity index (χ4v) is 2.20. The van der Waals surface area contributed by atoms with Crippen molar-refractivity contribution < 1.29 is 23.9 Å². The van der Waals surface area contributed by atoms with Crippen LogP contribution in [-0.2, 0) is 19.1 Å². The lowest BCUT2D eigenvalue weighted by molar-refractivity contribution is -0.154. The summed E-state index contributed by atoms with van der Waals surface area (Å²) in [6.07, 6.45) is -0.0269. The zero-order valence-electron chi connectivity index (χ0n) is 11.7. The summed E-state index contributed by atoms with van der Waals surface area (Å²) in [6, 6.07) is 0. The number of ether oxygens (including phenoxy) is 1. The van der Waals surface area contributed by atoms with Crippen molar-refractivity contribution in [1.29, 1.82) is 0 Å². The molecule has 1 N–H and O–H groups in total. The summed E-state index contributed by atoms with van der Waals surface area (Å²) in [5.74, 6) is -1.11. The number of hydrogen-bond acceptors (Lipinski definition) is 6. The SMILES string of the molecule is CC(C)(C)OC(=O)CNC(=O)CCN1C(=O)CSC1=O. The Labute approximate surface area is 121 Å². The van der Waals surface area contributed by atoms with Gasteiger partial charge >= 0.3 is 5.97 Å². The minimum Gasteiger partial charge on any atom is -0.459 e. The molecule has 112 valence electrons. The van der Waals surface area contributed by atoms with E-state index in [1.54, 1.807) is 20.8 Å². The zero-order chi connectivity index (χ0) is 15.3. The first-order valence-electron chi connectivity index (χ1n) is 6.15. The normalized spacial score (nSPS) is 15.4. The lowest BCUT2D eigenvalue weighted by Crippen LogP contribution is -2.37. The molecule has 1 fully saturated rings. The summed E-state index contributed by atoms with van der Waals surface area (Å²) < 4.78 is 5.02. The van der Waals surface area contributed by atoms with Crippen molar-refractivity contribution in [2.75, 3.05) is 18.8 Å². The Morgan fingerprint density at radius 1 is 1.35 bits per heavy atom. The maximum Gasteiger partial charge on any atom is 0.325 e. The molecule has 0 aromatic carbocycles. The van der Waals surface area contributed by atoms with E-state index in [2.05, 4.69) is 5.32 Å². The van der Waals surface area contributed by atoms with Gasteiger partial charge in [-0.3, -0.25) is 24.1 Å². The van der Waals surface area contributed by atoms with Crippen molar-refractivity contribution in [2.24, 2.45) is 0 Å². The molecule has 1 aliphatic rings. The number of amides is 3. The highest BCUT2D eigenvalue weighted by Crippen LogP contribution is 2.18. The first kappa shape index (κ1) is 16.5. The van der Waals surface area contributed by atoms with E-state index in [4.69, 9.17) is 4.74 Å². The topological polar surface area (TPSA) is 92.8 Å². The molecule has 1 aliphatic heterocycles. The maximum atomic E-state index is 11.5. The van der Waals surface area contributed by atoms with Gasteiger partial charge in [0.1, 0.15) is 12.1 Å². The van der Waals surface area contributed by atoms with E-state index >= 15 is 0 Å². The van der Waals surface area contributed by atoms with Crippen molar-refractivity contribution in [1.82, 2.24) is 10.2 Å². The summed E-state index contributed by atoms with van der Waals surface area (Å²) in [7, 11) is 0. The summed E-state index contributed by atoms with van der Waals surface area (Å²) in [5, 5.41) is 2.05. The van der Waals surface area contributed by atoms with Crippen LogP contribution in [0.5, 0.6) is 0 Å². The summed E-state index contributed by atoms with van der Waals surface area (Å²) in [5.41, 5.74) is -0.604. The highest BCUT2D eigenvalue weighted by Gasteiger charge is 2.29. The van der Waals surface area contributed by atoms with Crippen LogP contribution < -0.4 is 5.32 Å². The molecule has 0 aromatic heterocycles. The maximum absolute atomic E-state index is 11.5. The Balaban J connectivity index is 2.26. The molecule has 0 aliphatic carbocycles. The highest BCUT2D eigenvalue weighted by atomic mass is 32.2. The molecule has 0 atom stereocenters. The van der Waals surface area contributed by atoms with Gasteiger partial charge in [0.15, 0.2) is 0 Å².